The minimum atomic E-state index is 0.142. The molecule has 2 aromatic rings. The van der Waals surface area contributed by atoms with E-state index in [2.05, 4.69) is 4.98 Å². The SMILES string of the molecule is Clc1ccc(Cl)c(COc2c(Cl)cccc2Cl)n1. The second-order valence-corrected chi connectivity index (χ2v) is 5.01. The van der Waals surface area contributed by atoms with E-state index in [9.17, 15) is 0 Å². The summed E-state index contributed by atoms with van der Waals surface area (Å²) in [5, 5.41) is 1.69. The highest BCUT2D eigenvalue weighted by Crippen LogP contribution is 2.33. The Morgan fingerprint density at radius 3 is 2.22 bits per heavy atom. The summed E-state index contributed by atoms with van der Waals surface area (Å²) in [6, 6.07) is 8.38. The molecule has 1 aromatic heterocycles. The third kappa shape index (κ3) is 3.21. The number of hydrogen-bond acceptors (Lipinski definition) is 2. The Kier molecular flexibility index (Phi) is 4.57. The lowest BCUT2D eigenvalue weighted by Gasteiger charge is -2.10. The molecule has 0 saturated carbocycles. The molecule has 0 N–H and O–H groups in total. The predicted octanol–water partition coefficient (Wildman–Crippen LogP) is 5.27. The van der Waals surface area contributed by atoms with Crippen molar-refractivity contribution in [3.8, 4) is 5.75 Å². The molecule has 18 heavy (non-hydrogen) atoms. The molecule has 1 aromatic carbocycles. The third-order valence-electron chi connectivity index (χ3n) is 2.16. The van der Waals surface area contributed by atoms with Crippen LogP contribution in [0.15, 0.2) is 30.3 Å². The van der Waals surface area contributed by atoms with E-state index in [0.717, 1.165) is 0 Å². The lowest BCUT2D eigenvalue weighted by molar-refractivity contribution is 0.302. The molecule has 0 amide bonds. The van der Waals surface area contributed by atoms with E-state index < -0.39 is 0 Å². The van der Waals surface area contributed by atoms with Crippen LogP contribution >= 0.6 is 46.4 Å². The van der Waals surface area contributed by atoms with Crippen molar-refractivity contribution in [2.24, 2.45) is 0 Å². The molecule has 0 radical (unpaired) electrons. The monoisotopic (exact) mass is 321 g/mol. The van der Waals surface area contributed by atoms with Gasteiger partial charge in [-0.1, -0.05) is 52.5 Å². The van der Waals surface area contributed by atoms with Gasteiger partial charge >= 0.3 is 0 Å². The van der Waals surface area contributed by atoms with Gasteiger partial charge in [-0.15, -0.1) is 0 Å². The summed E-state index contributed by atoms with van der Waals surface area (Å²) >= 11 is 23.7. The fourth-order valence-electron chi connectivity index (χ4n) is 1.32. The molecule has 6 heteroatoms. The first-order chi connectivity index (χ1) is 8.58. The van der Waals surface area contributed by atoms with Gasteiger partial charge in [-0.2, -0.15) is 0 Å². The topological polar surface area (TPSA) is 22.1 Å². The summed E-state index contributed by atoms with van der Waals surface area (Å²) in [6.45, 7) is 0.142. The van der Waals surface area contributed by atoms with Crippen LogP contribution in [0.25, 0.3) is 0 Å². The zero-order valence-electron chi connectivity index (χ0n) is 8.96. The number of halogens is 4. The van der Waals surface area contributed by atoms with Gasteiger partial charge in [0.15, 0.2) is 5.75 Å². The number of benzene rings is 1. The Labute approximate surface area is 124 Å². The summed E-state index contributed by atoms with van der Waals surface area (Å²) in [4.78, 5) is 4.07. The van der Waals surface area contributed by atoms with E-state index in [-0.39, 0.29) is 6.61 Å². The zero-order valence-corrected chi connectivity index (χ0v) is 12.0. The second kappa shape index (κ2) is 5.98. The maximum atomic E-state index is 5.98. The van der Waals surface area contributed by atoms with Crippen LogP contribution in [-0.4, -0.2) is 4.98 Å². The maximum Gasteiger partial charge on any atom is 0.157 e. The first-order valence-corrected chi connectivity index (χ1v) is 6.47. The largest absolute Gasteiger partial charge is 0.484 e. The Balaban J connectivity index is 2.19. The van der Waals surface area contributed by atoms with E-state index in [1.54, 1.807) is 30.3 Å². The molecule has 0 aliphatic heterocycles. The minimum Gasteiger partial charge on any atom is -0.484 e. The molecule has 0 bridgehead atoms. The molecule has 0 unspecified atom stereocenters. The molecule has 94 valence electrons. The van der Waals surface area contributed by atoms with Gasteiger partial charge in [0.05, 0.1) is 20.8 Å². The van der Waals surface area contributed by atoms with E-state index >= 15 is 0 Å². The van der Waals surface area contributed by atoms with Gasteiger partial charge in [0.25, 0.3) is 0 Å². The fourth-order valence-corrected chi connectivity index (χ4v) is 2.15. The Morgan fingerprint density at radius 1 is 0.889 bits per heavy atom. The number of nitrogens with zero attached hydrogens (tertiary/aromatic N) is 1. The quantitative estimate of drug-likeness (QED) is 0.718. The molecule has 0 fully saturated rings. The van der Waals surface area contributed by atoms with Gasteiger partial charge in [0.1, 0.15) is 11.8 Å². The molecule has 0 saturated heterocycles. The van der Waals surface area contributed by atoms with Crippen molar-refractivity contribution in [2.45, 2.75) is 6.61 Å². The van der Waals surface area contributed by atoms with Crippen LogP contribution in [0.1, 0.15) is 5.69 Å². The smallest absolute Gasteiger partial charge is 0.157 e. The van der Waals surface area contributed by atoms with Crippen LogP contribution in [0, 0.1) is 0 Å². The van der Waals surface area contributed by atoms with Crippen molar-refractivity contribution in [2.75, 3.05) is 0 Å². The Bertz CT molecular complexity index is 554. The van der Waals surface area contributed by atoms with Crippen LogP contribution in [0.5, 0.6) is 5.75 Å². The van der Waals surface area contributed by atoms with Crippen LogP contribution in [0.3, 0.4) is 0 Å². The molecule has 2 nitrogen and oxygen atoms in total. The average molecular weight is 323 g/mol. The Hall–Kier alpha value is -0.670. The van der Waals surface area contributed by atoms with Crippen molar-refractivity contribution in [1.82, 2.24) is 4.98 Å². The average Bonchev–Trinajstić information content (AvgIpc) is 2.33. The highest BCUT2D eigenvalue weighted by Gasteiger charge is 2.09. The third-order valence-corrected chi connectivity index (χ3v) is 3.31. The number of rotatable bonds is 3. The second-order valence-electron chi connectivity index (χ2n) is 3.40. The molecule has 0 aliphatic carbocycles. The molecular formula is C12H7Cl4NO. The standard InChI is InChI=1S/C12H7Cl4NO/c13-7-4-5-11(16)17-10(7)6-18-12-8(14)2-1-3-9(12)15/h1-5H,6H2. The number of ether oxygens (including phenoxy) is 1. The minimum absolute atomic E-state index is 0.142. The molecule has 2 rings (SSSR count). The van der Waals surface area contributed by atoms with Crippen molar-refractivity contribution in [3.63, 3.8) is 0 Å². The highest BCUT2D eigenvalue weighted by molar-refractivity contribution is 6.37. The van der Waals surface area contributed by atoms with E-state index in [0.29, 0.717) is 31.7 Å². The summed E-state index contributed by atoms with van der Waals surface area (Å²) in [5.41, 5.74) is 0.528. The van der Waals surface area contributed by atoms with E-state index in [1.165, 1.54) is 0 Å². The number of pyridine rings is 1. The lowest BCUT2D eigenvalue weighted by Crippen LogP contribution is -2.00. The highest BCUT2D eigenvalue weighted by atomic mass is 35.5. The normalized spacial score (nSPS) is 10.4. The van der Waals surface area contributed by atoms with Gasteiger partial charge < -0.3 is 4.74 Å². The molecule has 0 aliphatic rings. The number of aromatic nitrogens is 1. The van der Waals surface area contributed by atoms with Gasteiger partial charge in [-0.05, 0) is 24.3 Å². The van der Waals surface area contributed by atoms with E-state index in [1.807, 2.05) is 0 Å². The van der Waals surface area contributed by atoms with Crippen LogP contribution in [-0.2, 0) is 6.61 Å². The van der Waals surface area contributed by atoms with Gasteiger partial charge in [0.2, 0.25) is 0 Å². The van der Waals surface area contributed by atoms with Crippen molar-refractivity contribution in [1.29, 1.82) is 0 Å². The summed E-state index contributed by atoms with van der Waals surface area (Å²) < 4.78 is 5.52. The summed E-state index contributed by atoms with van der Waals surface area (Å²) in [6.07, 6.45) is 0. The fraction of sp³-hybridized carbons (Fsp3) is 0.0833. The van der Waals surface area contributed by atoms with Gasteiger partial charge in [0, 0.05) is 0 Å². The number of hydrogen-bond donors (Lipinski definition) is 0. The van der Waals surface area contributed by atoms with Crippen molar-refractivity contribution < 1.29 is 4.74 Å². The van der Waals surface area contributed by atoms with E-state index in [4.69, 9.17) is 51.1 Å². The number of para-hydroxylation sites is 1. The Morgan fingerprint density at radius 2 is 1.56 bits per heavy atom. The molecule has 0 atom stereocenters. The van der Waals surface area contributed by atoms with Crippen molar-refractivity contribution >= 4 is 46.4 Å². The molecule has 1 heterocycles. The lowest BCUT2D eigenvalue weighted by atomic mass is 10.3. The summed E-state index contributed by atoms with van der Waals surface area (Å²) in [5.74, 6) is 0.402. The molecule has 0 spiro atoms. The van der Waals surface area contributed by atoms with Gasteiger partial charge in [-0.3, -0.25) is 0 Å². The van der Waals surface area contributed by atoms with Gasteiger partial charge in [-0.25, -0.2) is 4.98 Å². The molecular weight excluding hydrogens is 316 g/mol. The first kappa shape index (κ1) is 13.8. The summed E-state index contributed by atoms with van der Waals surface area (Å²) in [7, 11) is 0. The predicted molar refractivity (Wildman–Crippen MR) is 75.1 cm³/mol. The van der Waals surface area contributed by atoms with Crippen molar-refractivity contribution in [3.05, 3.63) is 56.2 Å². The van der Waals surface area contributed by atoms with Crippen LogP contribution < -0.4 is 4.74 Å². The first-order valence-electron chi connectivity index (χ1n) is 4.95. The van der Waals surface area contributed by atoms with Crippen LogP contribution in [0.4, 0.5) is 0 Å². The maximum absolute atomic E-state index is 5.98. The zero-order chi connectivity index (χ0) is 13.1. The van der Waals surface area contributed by atoms with Crippen LogP contribution in [0.2, 0.25) is 20.2 Å².